The normalized spacial score (nSPS) is 12.1. The number of nitrogens with one attached hydrogen (secondary N) is 2. The van der Waals surface area contributed by atoms with Gasteiger partial charge in [0.2, 0.25) is 0 Å². The second-order valence-corrected chi connectivity index (χ2v) is 9.93. The lowest BCUT2D eigenvalue weighted by Crippen LogP contribution is -2.29. The van der Waals surface area contributed by atoms with Gasteiger partial charge in [0.15, 0.2) is 0 Å². The summed E-state index contributed by atoms with van der Waals surface area (Å²) in [6.45, 7) is 2.01. The van der Waals surface area contributed by atoms with Crippen LogP contribution in [0.4, 0.5) is 5.69 Å². The fourth-order valence-electron chi connectivity index (χ4n) is 3.52. The predicted molar refractivity (Wildman–Crippen MR) is 136 cm³/mol. The summed E-state index contributed by atoms with van der Waals surface area (Å²) in [5.41, 5.74) is 3.53. The second-order valence-electron chi connectivity index (χ2n) is 7.84. The van der Waals surface area contributed by atoms with Gasteiger partial charge < -0.3 is 5.32 Å². The Kier molecular flexibility index (Phi) is 7.01. The minimum Gasteiger partial charge on any atom is -0.341 e. The van der Waals surface area contributed by atoms with Crippen LogP contribution in [0.15, 0.2) is 108 Å². The number of hydrogen-bond donors (Lipinski definition) is 2. The maximum Gasteiger partial charge on any atom is 0.261 e. The van der Waals surface area contributed by atoms with E-state index in [1.54, 1.807) is 24.3 Å². The van der Waals surface area contributed by atoms with E-state index < -0.39 is 10.0 Å². The highest BCUT2D eigenvalue weighted by atomic mass is 35.5. The van der Waals surface area contributed by atoms with E-state index in [-0.39, 0.29) is 27.6 Å². The van der Waals surface area contributed by atoms with Gasteiger partial charge in [0.05, 0.1) is 21.6 Å². The van der Waals surface area contributed by atoms with Gasteiger partial charge in [0, 0.05) is 5.56 Å². The minimum atomic E-state index is -3.80. The maximum atomic E-state index is 13.1. The Balaban J connectivity index is 1.57. The molecule has 0 radical (unpaired) electrons. The molecule has 0 saturated heterocycles. The number of sulfonamides is 1. The zero-order valence-corrected chi connectivity index (χ0v) is 20.0. The van der Waals surface area contributed by atoms with Crippen LogP contribution in [0, 0.1) is 6.92 Å². The number of anilines is 1. The fourth-order valence-corrected chi connectivity index (χ4v) is 4.91. The summed E-state index contributed by atoms with van der Waals surface area (Å²) in [7, 11) is -3.80. The molecule has 0 aromatic heterocycles. The molecule has 0 bridgehead atoms. The Bertz CT molecular complexity index is 1390. The van der Waals surface area contributed by atoms with E-state index in [0.29, 0.717) is 5.56 Å². The van der Waals surface area contributed by atoms with Crippen LogP contribution < -0.4 is 10.0 Å². The Morgan fingerprint density at radius 3 is 2.00 bits per heavy atom. The van der Waals surface area contributed by atoms with Gasteiger partial charge in [-0.05, 0) is 48.4 Å². The molecule has 0 heterocycles. The first kappa shape index (κ1) is 23.5. The molecule has 4 rings (SSSR count). The lowest BCUT2D eigenvalue weighted by Gasteiger charge is -2.20. The van der Waals surface area contributed by atoms with Crippen molar-refractivity contribution in [2.75, 3.05) is 4.72 Å². The zero-order chi connectivity index (χ0) is 24.1. The molecular weight excluding hydrogens is 468 g/mol. The summed E-state index contributed by atoms with van der Waals surface area (Å²) >= 11 is 6.35. The number of amides is 1. The fraction of sp³-hybridized carbons (Fsp3) is 0.0741. The largest absolute Gasteiger partial charge is 0.341 e. The standard InChI is InChI=1S/C27H23ClN2O3S/c1-19-12-14-21(15-13-19)26(20-8-4-2-5-9-20)29-27(31)22-16-17-25(24(28)18-22)30-34(32,33)23-10-6-3-7-11-23/h2-18,26,30H,1H3,(H,29,31). The van der Waals surface area contributed by atoms with Gasteiger partial charge in [0.1, 0.15) is 0 Å². The summed E-state index contributed by atoms with van der Waals surface area (Å²) in [6.07, 6.45) is 0. The van der Waals surface area contributed by atoms with Crippen LogP contribution >= 0.6 is 11.6 Å². The van der Waals surface area contributed by atoms with E-state index in [1.165, 1.54) is 24.3 Å². The molecule has 1 amide bonds. The lowest BCUT2D eigenvalue weighted by atomic mass is 9.97. The van der Waals surface area contributed by atoms with E-state index in [4.69, 9.17) is 11.6 Å². The highest BCUT2D eigenvalue weighted by Gasteiger charge is 2.20. The molecule has 2 N–H and O–H groups in total. The van der Waals surface area contributed by atoms with Crippen LogP contribution in [-0.2, 0) is 10.0 Å². The van der Waals surface area contributed by atoms with Crippen molar-refractivity contribution in [3.8, 4) is 0 Å². The molecule has 1 unspecified atom stereocenters. The third-order valence-corrected chi connectivity index (χ3v) is 7.04. The van der Waals surface area contributed by atoms with Crippen molar-refractivity contribution in [2.45, 2.75) is 17.9 Å². The van der Waals surface area contributed by atoms with Crippen LogP contribution in [0.5, 0.6) is 0 Å². The molecule has 0 saturated carbocycles. The third-order valence-electron chi connectivity index (χ3n) is 5.35. The number of hydrogen-bond acceptors (Lipinski definition) is 3. The molecule has 5 nitrogen and oxygen atoms in total. The van der Waals surface area contributed by atoms with Gasteiger partial charge >= 0.3 is 0 Å². The van der Waals surface area contributed by atoms with Crippen molar-refractivity contribution in [2.24, 2.45) is 0 Å². The number of halogens is 1. The Hall–Kier alpha value is -3.61. The monoisotopic (exact) mass is 490 g/mol. The molecule has 0 aliphatic heterocycles. The molecule has 0 aliphatic rings. The van der Waals surface area contributed by atoms with Gasteiger partial charge in [-0.1, -0.05) is 90.0 Å². The maximum absolute atomic E-state index is 13.1. The number of carbonyl (C=O) groups is 1. The number of rotatable bonds is 7. The van der Waals surface area contributed by atoms with Gasteiger partial charge in [-0.15, -0.1) is 0 Å². The van der Waals surface area contributed by atoms with E-state index >= 15 is 0 Å². The third kappa shape index (κ3) is 5.47. The molecule has 172 valence electrons. The first-order valence-electron chi connectivity index (χ1n) is 10.6. The van der Waals surface area contributed by atoms with E-state index in [2.05, 4.69) is 10.0 Å². The van der Waals surface area contributed by atoms with Crippen molar-refractivity contribution in [1.82, 2.24) is 5.32 Å². The van der Waals surface area contributed by atoms with Gasteiger partial charge in [-0.2, -0.15) is 0 Å². The molecule has 0 aliphatic carbocycles. The molecule has 7 heteroatoms. The van der Waals surface area contributed by atoms with Crippen molar-refractivity contribution in [1.29, 1.82) is 0 Å². The Morgan fingerprint density at radius 2 is 1.38 bits per heavy atom. The summed E-state index contributed by atoms with van der Waals surface area (Å²) in [5, 5.41) is 3.19. The summed E-state index contributed by atoms with van der Waals surface area (Å²) in [5.74, 6) is -0.325. The van der Waals surface area contributed by atoms with Gasteiger partial charge in [0.25, 0.3) is 15.9 Å². The number of benzene rings is 4. The molecule has 34 heavy (non-hydrogen) atoms. The van der Waals surface area contributed by atoms with E-state index in [1.807, 2.05) is 61.5 Å². The van der Waals surface area contributed by atoms with Crippen molar-refractivity contribution < 1.29 is 13.2 Å². The van der Waals surface area contributed by atoms with Crippen LogP contribution in [0.3, 0.4) is 0 Å². The highest BCUT2D eigenvalue weighted by Crippen LogP contribution is 2.27. The summed E-state index contributed by atoms with van der Waals surface area (Å²) < 4.78 is 27.7. The smallest absolute Gasteiger partial charge is 0.261 e. The molecular formula is C27H23ClN2O3S. The SMILES string of the molecule is Cc1ccc(C(NC(=O)c2ccc(NS(=O)(=O)c3ccccc3)c(Cl)c2)c2ccccc2)cc1. The molecule has 4 aromatic carbocycles. The number of carbonyl (C=O) groups excluding carboxylic acids is 1. The molecule has 0 fully saturated rings. The van der Waals surface area contributed by atoms with Gasteiger partial charge in [-0.25, -0.2) is 8.42 Å². The summed E-state index contributed by atoms with van der Waals surface area (Å²) in [6, 6.07) is 29.8. The van der Waals surface area contributed by atoms with Crippen LogP contribution in [0.2, 0.25) is 5.02 Å². The summed E-state index contributed by atoms with van der Waals surface area (Å²) in [4.78, 5) is 13.3. The first-order chi connectivity index (χ1) is 16.3. The number of aryl methyl sites for hydroxylation is 1. The second kappa shape index (κ2) is 10.1. The average molecular weight is 491 g/mol. The minimum absolute atomic E-state index is 0.122. The lowest BCUT2D eigenvalue weighted by molar-refractivity contribution is 0.0943. The molecule has 1 atom stereocenters. The van der Waals surface area contributed by atoms with Crippen molar-refractivity contribution in [3.05, 3.63) is 130 Å². The molecule has 4 aromatic rings. The first-order valence-corrected chi connectivity index (χ1v) is 12.5. The van der Waals surface area contributed by atoms with Crippen LogP contribution in [0.25, 0.3) is 0 Å². The Labute approximate surface area is 204 Å². The Morgan fingerprint density at radius 1 is 0.794 bits per heavy atom. The van der Waals surface area contributed by atoms with Crippen molar-refractivity contribution in [3.63, 3.8) is 0 Å². The topological polar surface area (TPSA) is 75.3 Å². The molecule has 0 spiro atoms. The predicted octanol–water partition coefficient (Wildman–Crippen LogP) is 5.97. The average Bonchev–Trinajstić information content (AvgIpc) is 2.85. The van der Waals surface area contributed by atoms with Crippen LogP contribution in [0.1, 0.15) is 33.1 Å². The zero-order valence-electron chi connectivity index (χ0n) is 18.4. The van der Waals surface area contributed by atoms with E-state index in [0.717, 1.165) is 16.7 Å². The van der Waals surface area contributed by atoms with E-state index in [9.17, 15) is 13.2 Å². The van der Waals surface area contributed by atoms with Gasteiger partial charge in [-0.3, -0.25) is 9.52 Å². The quantitative estimate of drug-likeness (QED) is 0.335. The highest BCUT2D eigenvalue weighted by molar-refractivity contribution is 7.92. The van der Waals surface area contributed by atoms with Crippen LogP contribution in [-0.4, -0.2) is 14.3 Å². The van der Waals surface area contributed by atoms with Crippen molar-refractivity contribution >= 4 is 33.2 Å².